The molecular formula is C17H24O2. The third kappa shape index (κ3) is 4.09. The first kappa shape index (κ1) is 14.1. The number of ether oxygens (including phenoxy) is 1. The average Bonchev–Trinajstić information content (AvgIpc) is 2.48. The number of fused-ring (bicyclic) bond motifs is 10. The molecule has 2 heteroatoms. The molecule has 104 valence electrons. The predicted molar refractivity (Wildman–Crippen MR) is 77.5 cm³/mol. The minimum atomic E-state index is -0.188. The van der Waals surface area contributed by atoms with E-state index in [-0.39, 0.29) is 5.97 Å². The van der Waals surface area contributed by atoms with Gasteiger partial charge in [0.15, 0.2) is 0 Å². The van der Waals surface area contributed by atoms with E-state index >= 15 is 0 Å². The molecule has 0 saturated carbocycles. The quantitative estimate of drug-likeness (QED) is 0.704. The Balaban J connectivity index is 2.21. The Morgan fingerprint density at radius 2 is 1.58 bits per heavy atom. The monoisotopic (exact) mass is 260 g/mol. The van der Waals surface area contributed by atoms with E-state index in [0.717, 1.165) is 24.0 Å². The van der Waals surface area contributed by atoms with Gasteiger partial charge in [0.1, 0.15) is 0 Å². The fourth-order valence-corrected chi connectivity index (χ4v) is 2.83. The lowest BCUT2D eigenvalue weighted by atomic mass is 9.97. The van der Waals surface area contributed by atoms with Crippen LogP contribution in [0, 0.1) is 0 Å². The third-order valence-electron chi connectivity index (χ3n) is 3.99. The summed E-state index contributed by atoms with van der Waals surface area (Å²) >= 11 is 0. The van der Waals surface area contributed by atoms with Crippen LogP contribution in [0.2, 0.25) is 0 Å². The maximum absolute atomic E-state index is 11.9. The lowest BCUT2D eigenvalue weighted by molar-refractivity contribution is 0.0599. The molecule has 0 heterocycles. The van der Waals surface area contributed by atoms with E-state index in [0.29, 0.717) is 0 Å². The first-order valence-corrected chi connectivity index (χ1v) is 7.51. The van der Waals surface area contributed by atoms with Crippen LogP contribution >= 0.6 is 0 Å². The Labute approximate surface area is 116 Å². The summed E-state index contributed by atoms with van der Waals surface area (Å²) in [7, 11) is 1.47. The normalized spacial score (nSPS) is 17.1. The van der Waals surface area contributed by atoms with Crippen molar-refractivity contribution in [1.29, 1.82) is 0 Å². The molecule has 0 N–H and O–H groups in total. The summed E-state index contributed by atoms with van der Waals surface area (Å²) in [6.45, 7) is 0. The van der Waals surface area contributed by atoms with Crippen LogP contribution in [-0.4, -0.2) is 13.1 Å². The average molecular weight is 260 g/mol. The molecule has 0 amide bonds. The molecule has 2 aliphatic carbocycles. The number of benzene rings is 1. The molecule has 0 spiro atoms. The van der Waals surface area contributed by atoms with Crippen LogP contribution in [0.4, 0.5) is 0 Å². The highest BCUT2D eigenvalue weighted by Gasteiger charge is 2.13. The smallest absolute Gasteiger partial charge is 0.338 e. The second-order valence-electron chi connectivity index (χ2n) is 5.46. The van der Waals surface area contributed by atoms with Crippen LogP contribution in [0.5, 0.6) is 0 Å². The van der Waals surface area contributed by atoms with Crippen molar-refractivity contribution < 1.29 is 9.53 Å². The predicted octanol–water partition coefficient (Wildman–Crippen LogP) is 4.30. The summed E-state index contributed by atoms with van der Waals surface area (Å²) in [6.07, 6.45) is 11.1. The number of hydrogen-bond donors (Lipinski definition) is 0. The summed E-state index contributed by atoms with van der Waals surface area (Å²) < 4.78 is 4.92. The molecule has 2 aliphatic rings. The van der Waals surface area contributed by atoms with Crippen LogP contribution < -0.4 is 0 Å². The lowest BCUT2D eigenvalue weighted by Crippen LogP contribution is -2.07. The SMILES string of the molecule is COC(=O)c1cc2ccc1CCCCCCCCC2. The Kier molecular flexibility index (Phi) is 5.44. The van der Waals surface area contributed by atoms with Crippen molar-refractivity contribution in [2.24, 2.45) is 0 Å². The second kappa shape index (κ2) is 7.32. The number of esters is 1. The molecule has 0 radical (unpaired) electrons. The van der Waals surface area contributed by atoms with Gasteiger partial charge in [-0.05, 0) is 42.9 Å². The number of methoxy groups -OCH3 is 1. The van der Waals surface area contributed by atoms with Crippen molar-refractivity contribution in [3.05, 3.63) is 34.9 Å². The molecule has 3 rings (SSSR count). The van der Waals surface area contributed by atoms with Gasteiger partial charge in [-0.2, -0.15) is 0 Å². The van der Waals surface area contributed by atoms with Crippen LogP contribution in [-0.2, 0) is 17.6 Å². The van der Waals surface area contributed by atoms with Gasteiger partial charge in [0.2, 0.25) is 0 Å². The fourth-order valence-electron chi connectivity index (χ4n) is 2.83. The highest BCUT2D eigenvalue weighted by atomic mass is 16.5. The standard InChI is InChI=1S/C17H24O2/c1-19-17(18)16-13-14-9-7-5-3-2-4-6-8-10-15(16)12-11-14/h11-13H,2-10H2,1H3. The number of aryl methyl sites for hydroxylation is 2. The minimum Gasteiger partial charge on any atom is -0.465 e. The van der Waals surface area contributed by atoms with E-state index in [1.165, 1.54) is 57.6 Å². The number of rotatable bonds is 1. The summed E-state index contributed by atoms with van der Waals surface area (Å²) in [5.74, 6) is -0.188. The fraction of sp³-hybridized carbons (Fsp3) is 0.588. The molecule has 19 heavy (non-hydrogen) atoms. The van der Waals surface area contributed by atoms with Gasteiger partial charge >= 0.3 is 5.97 Å². The van der Waals surface area contributed by atoms with Crippen molar-refractivity contribution in [3.63, 3.8) is 0 Å². The van der Waals surface area contributed by atoms with Gasteiger partial charge in [0.05, 0.1) is 12.7 Å². The highest BCUT2D eigenvalue weighted by Crippen LogP contribution is 2.20. The van der Waals surface area contributed by atoms with Crippen molar-refractivity contribution in [2.75, 3.05) is 7.11 Å². The number of carbonyl (C=O) groups is 1. The topological polar surface area (TPSA) is 26.3 Å². The molecule has 0 aromatic heterocycles. The second-order valence-corrected chi connectivity index (χ2v) is 5.46. The van der Waals surface area contributed by atoms with Gasteiger partial charge in [0.25, 0.3) is 0 Å². The van der Waals surface area contributed by atoms with Crippen LogP contribution in [0.1, 0.15) is 66.4 Å². The first-order valence-electron chi connectivity index (χ1n) is 7.51. The Hall–Kier alpha value is -1.31. The van der Waals surface area contributed by atoms with Gasteiger partial charge in [-0.15, -0.1) is 0 Å². The molecule has 0 atom stereocenters. The zero-order valence-corrected chi connectivity index (χ0v) is 11.9. The van der Waals surface area contributed by atoms with E-state index in [2.05, 4.69) is 12.1 Å². The molecule has 2 bridgehead atoms. The molecule has 2 nitrogen and oxygen atoms in total. The van der Waals surface area contributed by atoms with Crippen LogP contribution in [0.25, 0.3) is 0 Å². The number of hydrogen-bond acceptors (Lipinski definition) is 2. The largest absolute Gasteiger partial charge is 0.465 e. The maximum Gasteiger partial charge on any atom is 0.338 e. The molecular weight excluding hydrogens is 236 g/mol. The van der Waals surface area contributed by atoms with Gasteiger partial charge < -0.3 is 4.74 Å². The highest BCUT2D eigenvalue weighted by molar-refractivity contribution is 5.91. The van der Waals surface area contributed by atoms with E-state index in [4.69, 9.17) is 4.74 Å². The summed E-state index contributed by atoms with van der Waals surface area (Å²) in [4.78, 5) is 11.9. The molecule has 0 aliphatic heterocycles. The maximum atomic E-state index is 11.9. The van der Waals surface area contributed by atoms with E-state index in [9.17, 15) is 4.79 Å². The molecule has 0 fully saturated rings. The van der Waals surface area contributed by atoms with E-state index in [1.54, 1.807) is 0 Å². The van der Waals surface area contributed by atoms with Crippen molar-refractivity contribution in [2.45, 2.75) is 57.8 Å². The van der Waals surface area contributed by atoms with Crippen molar-refractivity contribution in [1.82, 2.24) is 0 Å². The Morgan fingerprint density at radius 1 is 0.947 bits per heavy atom. The van der Waals surface area contributed by atoms with Crippen molar-refractivity contribution >= 4 is 5.97 Å². The summed E-state index contributed by atoms with van der Waals surface area (Å²) in [5.41, 5.74) is 3.19. The third-order valence-corrected chi connectivity index (χ3v) is 3.99. The van der Waals surface area contributed by atoms with Gasteiger partial charge in [-0.25, -0.2) is 4.79 Å². The van der Waals surface area contributed by atoms with Crippen LogP contribution in [0.3, 0.4) is 0 Å². The van der Waals surface area contributed by atoms with E-state index < -0.39 is 0 Å². The molecule has 0 unspecified atom stereocenters. The Bertz CT molecular complexity index is 423. The van der Waals surface area contributed by atoms with Gasteiger partial charge in [0, 0.05) is 0 Å². The molecule has 0 saturated heterocycles. The summed E-state index contributed by atoms with van der Waals surface area (Å²) in [5, 5.41) is 0. The van der Waals surface area contributed by atoms with Gasteiger partial charge in [-0.3, -0.25) is 0 Å². The number of carbonyl (C=O) groups excluding carboxylic acids is 1. The van der Waals surface area contributed by atoms with Gasteiger partial charge in [-0.1, -0.05) is 44.2 Å². The van der Waals surface area contributed by atoms with Crippen LogP contribution in [0.15, 0.2) is 18.2 Å². The zero-order chi connectivity index (χ0) is 13.5. The lowest BCUT2D eigenvalue weighted by Gasteiger charge is -2.10. The van der Waals surface area contributed by atoms with E-state index in [1.807, 2.05) is 6.07 Å². The minimum absolute atomic E-state index is 0.188. The molecule has 1 aromatic rings. The Morgan fingerprint density at radius 3 is 2.26 bits per heavy atom. The van der Waals surface area contributed by atoms with Crippen molar-refractivity contribution in [3.8, 4) is 0 Å². The zero-order valence-electron chi connectivity index (χ0n) is 11.9. The molecule has 1 aromatic carbocycles. The summed E-state index contributed by atoms with van der Waals surface area (Å²) in [6, 6.07) is 6.35. The first-order chi connectivity index (χ1) is 9.31.